The molecule has 38 heavy (non-hydrogen) atoms. The quantitative estimate of drug-likeness (QED) is 0.146. The third-order valence-electron chi connectivity index (χ3n) is 6.48. The zero-order chi connectivity index (χ0) is 26.1. The van der Waals surface area contributed by atoms with Gasteiger partial charge in [0.25, 0.3) is 5.69 Å². The fourth-order valence-corrected chi connectivity index (χ4v) is 6.24. The van der Waals surface area contributed by atoms with E-state index in [1.165, 1.54) is 0 Å². The minimum Gasteiger partial charge on any atom is -0.302 e. The lowest BCUT2D eigenvalue weighted by Crippen LogP contribution is -2.07. The Morgan fingerprint density at radius 3 is 1.92 bits per heavy atom. The average molecular weight is 578 g/mol. The second-order valence-electron chi connectivity index (χ2n) is 8.77. The number of benzene rings is 5. The molecule has 6 rings (SSSR count). The lowest BCUT2D eigenvalue weighted by molar-refractivity contribution is -0.384. The van der Waals surface area contributed by atoms with Crippen LogP contribution in [-0.4, -0.2) is 4.92 Å². The van der Waals surface area contributed by atoms with E-state index in [0.29, 0.717) is 5.56 Å². The van der Waals surface area contributed by atoms with E-state index in [-0.39, 0.29) is 10.6 Å². The smallest absolute Gasteiger partial charge is 0.277 e. The molecule has 0 aliphatic rings. The van der Waals surface area contributed by atoms with Gasteiger partial charge in [-0.15, -0.1) is 11.3 Å². The monoisotopic (exact) mass is 576 g/mol. The Bertz CT molecular complexity index is 1730. The number of fused-ring (bicyclic) bond motifs is 1. The van der Waals surface area contributed by atoms with Crippen LogP contribution in [0.1, 0.15) is 0 Å². The highest BCUT2D eigenvalue weighted by atomic mass is 79.9. The van der Waals surface area contributed by atoms with Gasteiger partial charge in [-0.2, -0.15) is 0 Å². The molecular formula is C32H21BrN2O2S. The molecule has 0 saturated carbocycles. The normalized spacial score (nSPS) is 11.0. The lowest BCUT2D eigenvalue weighted by Gasteiger charge is -2.23. The van der Waals surface area contributed by atoms with Crippen LogP contribution in [0.15, 0.2) is 132 Å². The summed E-state index contributed by atoms with van der Waals surface area (Å²) < 4.78 is 0.962. The first-order chi connectivity index (χ1) is 18.6. The summed E-state index contributed by atoms with van der Waals surface area (Å²) in [5.74, 6) is 0. The second kappa shape index (κ2) is 10.2. The van der Waals surface area contributed by atoms with Crippen LogP contribution in [0.4, 0.5) is 22.1 Å². The van der Waals surface area contributed by atoms with Crippen molar-refractivity contribution in [3.05, 3.63) is 142 Å². The summed E-state index contributed by atoms with van der Waals surface area (Å²) in [6.45, 7) is 0. The fraction of sp³-hybridized carbons (Fsp3) is 0. The molecule has 5 aromatic carbocycles. The number of nitrogens with zero attached hydrogens (tertiary/aromatic N) is 2. The molecule has 4 nitrogen and oxygen atoms in total. The van der Waals surface area contributed by atoms with E-state index in [1.54, 1.807) is 17.4 Å². The molecule has 0 aliphatic carbocycles. The second-order valence-corrected chi connectivity index (χ2v) is 10.7. The summed E-state index contributed by atoms with van der Waals surface area (Å²) in [6, 6.07) is 41.9. The summed E-state index contributed by atoms with van der Waals surface area (Å²) in [5, 5.41) is 15.3. The van der Waals surface area contributed by atoms with Gasteiger partial charge in [-0.05, 0) is 70.4 Å². The van der Waals surface area contributed by atoms with Crippen molar-refractivity contribution in [3.63, 3.8) is 0 Å². The van der Waals surface area contributed by atoms with Crippen LogP contribution in [0.5, 0.6) is 0 Å². The zero-order valence-electron chi connectivity index (χ0n) is 20.1. The molecule has 0 saturated heterocycles. The molecular weight excluding hydrogens is 556 g/mol. The number of nitro groups is 1. The number of hydrogen-bond donors (Lipinski definition) is 0. The maximum atomic E-state index is 12.3. The van der Waals surface area contributed by atoms with Crippen molar-refractivity contribution < 1.29 is 4.92 Å². The number of para-hydroxylation sites is 2. The van der Waals surface area contributed by atoms with Crippen LogP contribution in [0.3, 0.4) is 0 Å². The van der Waals surface area contributed by atoms with Crippen molar-refractivity contribution in [1.29, 1.82) is 0 Å². The largest absolute Gasteiger partial charge is 0.302 e. The maximum Gasteiger partial charge on any atom is 0.277 e. The molecule has 0 spiro atoms. The van der Waals surface area contributed by atoms with Gasteiger partial charge in [-0.25, -0.2) is 0 Å². The van der Waals surface area contributed by atoms with Gasteiger partial charge in [0.15, 0.2) is 0 Å². The molecule has 0 unspecified atom stereocenters. The average Bonchev–Trinajstić information content (AvgIpc) is 3.44. The predicted molar refractivity (Wildman–Crippen MR) is 162 cm³/mol. The van der Waals surface area contributed by atoms with Gasteiger partial charge >= 0.3 is 0 Å². The third kappa shape index (κ3) is 4.49. The molecule has 0 aliphatic heterocycles. The van der Waals surface area contributed by atoms with E-state index in [1.807, 2.05) is 91.0 Å². The Balaban J connectivity index is 1.44. The highest BCUT2D eigenvalue weighted by Crippen LogP contribution is 2.44. The van der Waals surface area contributed by atoms with Crippen LogP contribution in [0, 0.1) is 10.1 Å². The van der Waals surface area contributed by atoms with Gasteiger partial charge in [0, 0.05) is 26.8 Å². The number of nitro benzene ring substituents is 1. The molecule has 0 N–H and O–H groups in total. The first kappa shape index (κ1) is 24.1. The molecule has 6 aromatic rings. The number of anilines is 3. The summed E-state index contributed by atoms with van der Waals surface area (Å²) in [7, 11) is 0. The fourth-order valence-electron chi connectivity index (χ4n) is 4.72. The standard InChI is InChI=1S/C32H21BrN2O2S/c33-29-18-17-26(25-13-7-8-14-27(25)29)28-16-15-22(21-30(28)35(36)37)31-19-20-32(38-31)34(23-9-3-1-4-10-23)24-11-5-2-6-12-24/h1-21H. The summed E-state index contributed by atoms with van der Waals surface area (Å²) in [5.41, 5.74) is 4.46. The van der Waals surface area contributed by atoms with Gasteiger partial charge < -0.3 is 4.90 Å². The highest BCUT2D eigenvalue weighted by molar-refractivity contribution is 9.10. The predicted octanol–water partition coefficient (Wildman–Crippen LogP) is 10.4. The van der Waals surface area contributed by atoms with Crippen LogP contribution in [0.2, 0.25) is 0 Å². The molecule has 0 radical (unpaired) electrons. The van der Waals surface area contributed by atoms with Gasteiger partial charge in [-0.1, -0.05) is 88.7 Å². The number of thiophene rings is 1. The van der Waals surface area contributed by atoms with E-state index in [0.717, 1.165) is 47.6 Å². The molecule has 6 heteroatoms. The summed E-state index contributed by atoms with van der Waals surface area (Å²) >= 11 is 5.21. The molecule has 0 amide bonds. The zero-order valence-corrected chi connectivity index (χ0v) is 22.5. The Hall–Kier alpha value is -4.26. The van der Waals surface area contributed by atoms with Crippen molar-refractivity contribution in [2.75, 3.05) is 4.90 Å². The minimum absolute atomic E-state index is 0.0906. The van der Waals surface area contributed by atoms with Crippen LogP contribution in [-0.2, 0) is 0 Å². The van der Waals surface area contributed by atoms with Crippen LogP contribution in [0.25, 0.3) is 32.3 Å². The third-order valence-corrected chi connectivity index (χ3v) is 8.29. The van der Waals surface area contributed by atoms with E-state index in [9.17, 15) is 10.1 Å². The Labute approximate surface area is 232 Å². The maximum absolute atomic E-state index is 12.3. The van der Waals surface area contributed by atoms with Crippen molar-refractivity contribution in [1.82, 2.24) is 0 Å². The topological polar surface area (TPSA) is 46.4 Å². The Morgan fingerprint density at radius 1 is 0.658 bits per heavy atom. The SMILES string of the molecule is O=[N+]([O-])c1cc(-c2ccc(N(c3ccccc3)c3ccccc3)s2)ccc1-c1ccc(Br)c2ccccc12. The molecule has 1 heterocycles. The molecule has 0 bridgehead atoms. The molecule has 184 valence electrons. The van der Waals surface area contributed by atoms with Crippen LogP contribution >= 0.6 is 27.3 Å². The van der Waals surface area contributed by atoms with E-state index < -0.39 is 0 Å². The molecule has 1 aromatic heterocycles. The van der Waals surface area contributed by atoms with Gasteiger partial charge in [0.1, 0.15) is 5.00 Å². The number of hydrogen-bond acceptors (Lipinski definition) is 4. The van der Waals surface area contributed by atoms with E-state index in [2.05, 4.69) is 51.2 Å². The number of rotatable bonds is 6. The first-order valence-corrected chi connectivity index (χ1v) is 13.7. The Morgan fingerprint density at radius 2 is 1.26 bits per heavy atom. The van der Waals surface area contributed by atoms with E-state index >= 15 is 0 Å². The van der Waals surface area contributed by atoms with E-state index in [4.69, 9.17) is 0 Å². The Kier molecular flexibility index (Phi) is 6.50. The minimum atomic E-state index is -0.287. The lowest BCUT2D eigenvalue weighted by atomic mass is 9.96. The van der Waals surface area contributed by atoms with Crippen molar-refractivity contribution >= 4 is 60.1 Å². The van der Waals surface area contributed by atoms with Crippen molar-refractivity contribution in [2.24, 2.45) is 0 Å². The van der Waals surface area contributed by atoms with Gasteiger partial charge in [-0.3, -0.25) is 10.1 Å². The first-order valence-electron chi connectivity index (χ1n) is 12.1. The summed E-state index contributed by atoms with van der Waals surface area (Å²) in [4.78, 5) is 15.1. The van der Waals surface area contributed by atoms with Crippen LogP contribution < -0.4 is 4.90 Å². The highest BCUT2D eigenvalue weighted by Gasteiger charge is 2.21. The van der Waals surface area contributed by atoms with Gasteiger partial charge in [0.05, 0.1) is 10.5 Å². The molecule has 0 atom stereocenters. The summed E-state index contributed by atoms with van der Waals surface area (Å²) in [6.07, 6.45) is 0. The van der Waals surface area contributed by atoms with Crippen molar-refractivity contribution in [2.45, 2.75) is 0 Å². The molecule has 0 fully saturated rings. The van der Waals surface area contributed by atoms with Crippen molar-refractivity contribution in [3.8, 4) is 21.6 Å². The number of halogens is 1. The van der Waals surface area contributed by atoms with Gasteiger partial charge in [0.2, 0.25) is 0 Å².